The highest BCUT2D eigenvalue weighted by atomic mass is 16.5. The van der Waals surface area contributed by atoms with E-state index in [0.29, 0.717) is 13.0 Å². The molecule has 3 rings (SSSR count). The van der Waals surface area contributed by atoms with E-state index in [1.807, 2.05) is 36.4 Å². The van der Waals surface area contributed by atoms with Gasteiger partial charge in [-0.15, -0.1) is 0 Å². The lowest BCUT2D eigenvalue weighted by molar-refractivity contribution is 0.0464. The molecule has 2 aromatic rings. The van der Waals surface area contributed by atoms with Crippen molar-refractivity contribution in [1.82, 2.24) is 4.90 Å². The van der Waals surface area contributed by atoms with E-state index < -0.39 is 6.10 Å². The van der Waals surface area contributed by atoms with E-state index in [9.17, 15) is 5.11 Å². The predicted octanol–water partition coefficient (Wildman–Crippen LogP) is 3.29. The molecular weight excluding hydrogens is 354 g/mol. The summed E-state index contributed by atoms with van der Waals surface area (Å²) < 4.78 is 16.6. The number of aliphatic hydroxyl groups excluding tert-OH is 1. The number of rotatable bonds is 10. The molecule has 2 unspecified atom stereocenters. The van der Waals surface area contributed by atoms with Crippen LogP contribution in [0.4, 0.5) is 0 Å². The summed E-state index contributed by atoms with van der Waals surface area (Å²) in [6, 6.07) is 16.1. The van der Waals surface area contributed by atoms with Gasteiger partial charge in [0.2, 0.25) is 0 Å². The van der Waals surface area contributed by atoms with Crippen molar-refractivity contribution >= 4 is 0 Å². The second-order valence-corrected chi connectivity index (χ2v) is 7.36. The van der Waals surface area contributed by atoms with Gasteiger partial charge in [0.05, 0.1) is 26.4 Å². The van der Waals surface area contributed by atoms with Gasteiger partial charge in [-0.25, -0.2) is 0 Å². The number of aliphatic hydroxyl groups is 1. The molecule has 0 bridgehead atoms. The fraction of sp³-hybridized carbons (Fsp3) is 0.478. The molecule has 2 atom stereocenters. The molecule has 1 fully saturated rings. The largest absolute Gasteiger partial charge is 0.493 e. The van der Waals surface area contributed by atoms with Crippen LogP contribution in [0.25, 0.3) is 0 Å². The minimum absolute atomic E-state index is 0.240. The molecule has 0 spiro atoms. The molecule has 0 saturated carbocycles. The number of hydrogen-bond acceptors (Lipinski definition) is 5. The molecule has 0 aliphatic carbocycles. The van der Waals surface area contributed by atoms with Crippen LogP contribution < -0.4 is 9.47 Å². The Kier molecular flexibility index (Phi) is 7.71. The highest BCUT2D eigenvalue weighted by Crippen LogP contribution is 2.28. The number of ether oxygens (including phenoxy) is 3. The van der Waals surface area contributed by atoms with Gasteiger partial charge in [0.15, 0.2) is 11.5 Å². The van der Waals surface area contributed by atoms with Crippen molar-refractivity contribution in [3.8, 4) is 11.5 Å². The molecule has 2 aromatic carbocycles. The maximum absolute atomic E-state index is 10.7. The molecule has 0 amide bonds. The van der Waals surface area contributed by atoms with Crippen LogP contribution in [-0.2, 0) is 17.7 Å². The van der Waals surface area contributed by atoms with E-state index in [2.05, 4.69) is 17.0 Å². The van der Waals surface area contributed by atoms with Crippen molar-refractivity contribution in [2.24, 2.45) is 0 Å². The minimum Gasteiger partial charge on any atom is -0.493 e. The molecular formula is C23H31NO4. The third kappa shape index (κ3) is 5.96. The first-order valence-electron chi connectivity index (χ1n) is 9.94. The first-order valence-corrected chi connectivity index (χ1v) is 9.94. The van der Waals surface area contributed by atoms with Crippen molar-refractivity contribution in [1.29, 1.82) is 0 Å². The Morgan fingerprint density at radius 3 is 2.54 bits per heavy atom. The van der Waals surface area contributed by atoms with Gasteiger partial charge in [0, 0.05) is 26.2 Å². The third-order valence-electron chi connectivity index (χ3n) is 5.12. The van der Waals surface area contributed by atoms with Crippen LogP contribution in [-0.4, -0.2) is 56.1 Å². The summed E-state index contributed by atoms with van der Waals surface area (Å²) in [5.41, 5.74) is 2.28. The lowest BCUT2D eigenvalue weighted by atomic mass is 10.1. The van der Waals surface area contributed by atoms with E-state index in [0.717, 1.165) is 55.2 Å². The zero-order chi connectivity index (χ0) is 19.8. The van der Waals surface area contributed by atoms with E-state index in [4.69, 9.17) is 14.2 Å². The summed E-state index contributed by atoms with van der Waals surface area (Å²) in [6.45, 7) is 2.98. The molecule has 5 nitrogen and oxygen atoms in total. The highest BCUT2D eigenvalue weighted by Gasteiger charge is 2.22. The Labute approximate surface area is 167 Å². The first kappa shape index (κ1) is 20.6. The second-order valence-electron chi connectivity index (χ2n) is 7.36. The topological polar surface area (TPSA) is 51.2 Å². The van der Waals surface area contributed by atoms with Crippen molar-refractivity contribution in [2.45, 2.75) is 38.0 Å². The van der Waals surface area contributed by atoms with Crippen LogP contribution in [0, 0.1) is 0 Å². The fourth-order valence-electron chi connectivity index (χ4n) is 3.77. The van der Waals surface area contributed by atoms with Gasteiger partial charge in [-0.2, -0.15) is 0 Å². The summed E-state index contributed by atoms with van der Waals surface area (Å²) in [6.07, 6.45) is 2.65. The SMILES string of the molecule is COc1ccc(CN(CC(O)Cc2ccccc2)CC2CCCO2)cc1OC. The number of benzene rings is 2. The first-order chi connectivity index (χ1) is 13.7. The van der Waals surface area contributed by atoms with E-state index >= 15 is 0 Å². The van der Waals surface area contributed by atoms with Crippen molar-refractivity contribution in [3.05, 3.63) is 59.7 Å². The van der Waals surface area contributed by atoms with Gasteiger partial charge in [-0.3, -0.25) is 4.90 Å². The smallest absolute Gasteiger partial charge is 0.161 e. The van der Waals surface area contributed by atoms with Crippen LogP contribution >= 0.6 is 0 Å². The van der Waals surface area contributed by atoms with E-state index in [1.165, 1.54) is 0 Å². The zero-order valence-electron chi connectivity index (χ0n) is 16.8. The third-order valence-corrected chi connectivity index (χ3v) is 5.12. The van der Waals surface area contributed by atoms with E-state index in [-0.39, 0.29) is 6.10 Å². The number of hydrogen-bond donors (Lipinski definition) is 1. The average molecular weight is 386 g/mol. The lowest BCUT2D eigenvalue weighted by Crippen LogP contribution is -2.38. The Morgan fingerprint density at radius 2 is 1.86 bits per heavy atom. The summed E-state index contributed by atoms with van der Waals surface area (Å²) in [7, 11) is 3.29. The van der Waals surface area contributed by atoms with Crippen LogP contribution in [0.1, 0.15) is 24.0 Å². The number of methoxy groups -OCH3 is 2. The molecule has 0 radical (unpaired) electrons. The fourth-order valence-corrected chi connectivity index (χ4v) is 3.77. The lowest BCUT2D eigenvalue weighted by Gasteiger charge is -2.28. The molecule has 28 heavy (non-hydrogen) atoms. The summed E-state index contributed by atoms with van der Waals surface area (Å²) in [4.78, 5) is 2.28. The standard InChI is InChI=1S/C23H31NO4/c1-26-22-11-10-19(14-23(22)27-2)15-24(17-21-9-6-12-28-21)16-20(25)13-18-7-4-3-5-8-18/h3-5,7-8,10-11,14,20-21,25H,6,9,12-13,15-17H2,1-2H3. The maximum Gasteiger partial charge on any atom is 0.161 e. The highest BCUT2D eigenvalue weighted by molar-refractivity contribution is 5.42. The molecule has 1 aliphatic rings. The van der Waals surface area contributed by atoms with Gasteiger partial charge in [-0.05, 0) is 42.5 Å². The Morgan fingerprint density at radius 1 is 1.07 bits per heavy atom. The molecule has 1 N–H and O–H groups in total. The predicted molar refractivity (Wildman–Crippen MR) is 110 cm³/mol. The van der Waals surface area contributed by atoms with Crippen LogP contribution in [0.2, 0.25) is 0 Å². The van der Waals surface area contributed by atoms with Gasteiger partial charge in [0.25, 0.3) is 0 Å². The molecule has 0 aromatic heterocycles. The van der Waals surface area contributed by atoms with E-state index in [1.54, 1.807) is 14.2 Å². The second kappa shape index (κ2) is 10.5. The molecule has 1 saturated heterocycles. The van der Waals surface area contributed by atoms with Gasteiger partial charge < -0.3 is 19.3 Å². The molecule has 5 heteroatoms. The zero-order valence-corrected chi connectivity index (χ0v) is 16.8. The summed E-state index contributed by atoms with van der Waals surface area (Å²) >= 11 is 0. The normalized spacial score (nSPS) is 17.6. The Bertz CT molecular complexity index is 716. The molecule has 152 valence electrons. The maximum atomic E-state index is 10.7. The summed E-state index contributed by atoms with van der Waals surface area (Å²) in [5.74, 6) is 1.45. The van der Waals surface area contributed by atoms with Crippen LogP contribution in [0.3, 0.4) is 0 Å². The average Bonchev–Trinajstić information content (AvgIpc) is 3.21. The van der Waals surface area contributed by atoms with Gasteiger partial charge in [0.1, 0.15) is 0 Å². The number of nitrogens with zero attached hydrogens (tertiary/aromatic N) is 1. The Balaban J connectivity index is 1.67. The van der Waals surface area contributed by atoms with Gasteiger partial charge in [-0.1, -0.05) is 36.4 Å². The van der Waals surface area contributed by atoms with Crippen molar-refractivity contribution < 1.29 is 19.3 Å². The van der Waals surface area contributed by atoms with Crippen molar-refractivity contribution in [3.63, 3.8) is 0 Å². The van der Waals surface area contributed by atoms with Crippen LogP contribution in [0.15, 0.2) is 48.5 Å². The molecule has 1 aliphatic heterocycles. The monoisotopic (exact) mass is 385 g/mol. The quantitative estimate of drug-likeness (QED) is 0.680. The molecule has 1 heterocycles. The minimum atomic E-state index is -0.427. The Hall–Kier alpha value is -2.08. The van der Waals surface area contributed by atoms with Gasteiger partial charge >= 0.3 is 0 Å². The summed E-state index contributed by atoms with van der Waals surface area (Å²) in [5, 5.41) is 10.7. The van der Waals surface area contributed by atoms with Crippen LogP contribution in [0.5, 0.6) is 11.5 Å². The van der Waals surface area contributed by atoms with Crippen molar-refractivity contribution in [2.75, 3.05) is 33.9 Å².